The molecule has 0 N–H and O–H groups in total. The zero-order valence-electron chi connectivity index (χ0n) is 14.3. The van der Waals surface area contributed by atoms with Crippen LogP contribution in [0.1, 0.15) is 42.6 Å². The Morgan fingerprint density at radius 1 is 1.08 bits per heavy atom. The van der Waals surface area contributed by atoms with Gasteiger partial charge < -0.3 is 0 Å². The zero-order chi connectivity index (χ0) is 17.6. The number of carbonyl (C=O) groups is 1. The lowest BCUT2D eigenvalue weighted by atomic mass is 9.83. The van der Waals surface area contributed by atoms with Crippen molar-refractivity contribution in [1.29, 1.82) is 0 Å². The quantitative estimate of drug-likeness (QED) is 0.539. The van der Waals surface area contributed by atoms with Gasteiger partial charge in [-0.05, 0) is 49.7 Å². The second-order valence-electron chi connectivity index (χ2n) is 6.60. The number of rotatable bonds is 3. The number of hydrogen-bond donors (Lipinski definition) is 0. The van der Waals surface area contributed by atoms with Crippen molar-refractivity contribution in [2.75, 3.05) is 0 Å². The van der Waals surface area contributed by atoms with Crippen LogP contribution in [0.15, 0.2) is 48.7 Å². The summed E-state index contributed by atoms with van der Waals surface area (Å²) in [5.74, 6) is 0.602. The Balaban J connectivity index is 1.90. The van der Waals surface area contributed by atoms with Gasteiger partial charge in [-0.2, -0.15) is 9.61 Å². The summed E-state index contributed by atoms with van der Waals surface area (Å²) >= 11 is 0. The summed E-state index contributed by atoms with van der Waals surface area (Å²) in [4.78, 5) is 16.0. The van der Waals surface area contributed by atoms with Crippen LogP contribution in [0.2, 0.25) is 0 Å². The van der Waals surface area contributed by atoms with Gasteiger partial charge >= 0.3 is 0 Å². The van der Waals surface area contributed by atoms with Crippen molar-refractivity contribution in [2.24, 2.45) is 0 Å². The number of ketones is 1. The van der Waals surface area contributed by atoms with Crippen molar-refractivity contribution >= 4 is 22.3 Å². The molecule has 0 aliphatic carbocycles. The van der Waals surface area contributed by atoms with E-state index in [4.69, 9.17) is 0 Å². The SMILES string of the molecule is CC(=O)c1ccc2nnc(C(C)(C)c3ccc4ncccc4c3)n2n1. The number of hydrogen-bond acceptors (Lipinski definition) is 5. The van der Waals surface area contributed by atoms with Gasteiger partial charge in [-0.3, -0.25) is 9.78 Å². The Morgan fingerprint density at radius 2 is 1.92 bits per heavy atom. The summed E-state index contributed by atoms with van der Waals surface area (Å²) < 4.78 is 1.66. The van der Waals surface area contributed by atoms with Crippen molar-refractivity contribution in [3.05, 3.63) is 65.7 Å². The van der Waals surface area contributed by atoms with Crippen LogP contribution in [0.4, 0.5) is 0 Å². The molecule has 0 bridgehead atoms. The lowest BCUT2D eigenvalue weighted by Crippen LogP contribution is -2.23. The minimum atomic E-state index is -0.439. The molecular weight excluding hydrogens is 314 g/mol. The van der Waals surface area contributed by atoms with E-state index in [0.717, 1.165) is 16.5 Å². The molecule has 0 atom stereocenters. The van der Waals surface area contributed by atoms with E-state index in [1.165, 1.54) is 6.92 Å². The maximum atomic E-state index is 11.7. The molecule has 25 heavy (non-hydrogen) atoms. The molecule has 4 aromatic rings. The standard InChI is InChI=1S/C19H17N5O/c1-12(25)15-8-9-17-21-22-18(24(17)23-15)19(2,3)14-6-7-16-13(11-14)5-4-10-20-16/h4-11H,1-3H3. The minimum absolute atomic E-state index is 0.0869. The first-order valence-corrected chi connectivity index (χ1v) is 8.06. The van der Waals surface area contributed by atoms with Crippen LogP contribution in [0.5, 0.6) is 0 Å². The third kappa shape index (κ3) is 2.46. The molecule has 0 unspecified atom stereocenters. The number of aromatic nitrogens is 5. The molecule has 1 aromatic carbocycles. The third-order valence-electron chi connectivity index (χ3n) is 4.51. The largest absolute Gasteiger partial charge is 0.293 e. The summed E-state index contributed by atoms with van der Waals surface area (Å²) in [5.41, 5.74) is 2.61. The van der Waals surface area contributed by atoms with Crippen molar-refractivity contribution in [2.45, 2.75) is 26.2 Å². The van der Waals surface area contributed by atoms with Gasteiger partial charge in [0.05, 0.1) is 10.9 Å². The highest BCUT2D eigenvalue weighted by molar-refractivity contribution is 5.92. The summed E-state index contributed by atoms with van der Waals surface area (Å²) in [6.45, 7) is 5.64. The number of pyridine rings is 1. The Hall–Kier alpha value is -3.15. The van der Waals surface area contributed by atoms with Gasteiger partial charge in [0.25, 0.3) is 0 Å². The smallest absolute Gasteiger partial charge is 0.179 e. The van der Waals surface area contributed by atoms with Crippen molar-refractivity contribution in [1.82, 2.24) is 24.8 Å². The first kappa shape index (κ1) is 15.4. The van der Waals surface area contributed by atoms with Gasteiger partial charge in [-0.1, -0.05) is 12.1 Å². The monoisotopic (exact) mass is 331 g/mol. The van der Waals surface area contributed by atoms with Crippen LogP contribution in [-0.2, 0) is 5.41 Å². The number of fused-ring (bicyclic) bond motifs is 2. The number of carbonyl (C=O) groups excluding carboxylic acids is 1. The molecule has 4 rings (SSSR count). The average molecular weight is 331 g/mol. The highest BCUT2D eigenvalue weighted by Crippen LogP contribution is 2.31. The molecule has 0 spiro atoms. The topological polar surface area (TPSA) is 73.0 Å². The fraction of sp³-hybridized carbons (Fsp3) is 0.211. The average Bonchev–Trinajstić information content (AvgIpc) is 3.05. The lowest BCUT2D eigenvalue weighted by molar-refractivity contribution is 0.101. The van der Waals surface area contributed by atoms with E-state index in [0.29, 0.717) is 17.2 Å². The number of benzene rings is 1. The second kappa shape index (κ2) is 5.44. The maximum absolute atomic E-state index is 11.7. The van der Waals surface area contributed by atoms with Gasteiger partial charge in [0.15, 0.2) is 17.3 Å². The highest BCUT2D eigenvalue weighted by Gasteiger charge is 2.30. The first-order chi connectivity index (χ1) is 12.0. The molecule has 124 valence electrons. The van der Waals surface area contributed by atoms with Crippen LogP contribution in [0.25, 0.3) is 16.6 Å². The molecule has 3 heterocycles. The van der Waals surface area contributed by atoms with Crippen molar-refractivity contribution in [3.8, 4) is 0 Å². The maximum Gasteiger partial charge on any atom is 0.179 e. The van der Waals surface area contributed by atoms with E-state index in [2.05, 4.69) is 40.2 Å². The first-order valence-electron chi connectivity index (χ1n) is 8.06. The van der Waals surface area contributed by atoms with Crippen LogP contribution < -0.4 is 0 Å². The molecule has 6 nitrogen and oxygen atoms in total. The van der Waals surface area contributed by atoms with Gasteiger partial charge in [0.2, 0.25) is 0 Å². The molecule has 0 saturated heterocycles. The fourth-order valence-corrected chi connectivity index (χ4v) is 2.96. The van der Waals surface area contributed by atoms with E-state index in [9.17, 15) is 4.79 Å². The highest BCUT2D eigenvalue weighted by atomic mass is 16.1. The van der Waals surface area contributed by atoms with Crippen molar-refractivity contribution in [3.63, 3.8) is 0 Å². The molecular formula is C19H17N5O. The third-order valence-corrected chi connectivity index (χ3v) is 4.51. The van der Waals surface area contributed by atoms with Crippen LogP contribution in [-0.4, -0.2) is 30.6 Å². The van der Waals surface area contributed by atoms with E-state index in [1.54, 1.807) is 22.8 Å². The lowest BCUT2D eigenvalue weighted by Gasteiger charge is -2.23. The summed E-state index contributed by atoms with van der Waals surface area (Å²) in [6.07, 6.45) is 1.78. The van der Waals surface area contributed by atoms with Gasteiger partial charge in [-0.15, -0.1) is 10.2 Å². The summed E-state index contributed by atoms with van der Waals surface area (Å²) in [6, 6.07) is 13.6. The number of nitrogens with zero attached hydrogens (tertiary/aromatic N) is 5. The van der Waals surface area contributed by atoms with Crippen molar-refractivity contribution < 1.29 is 4.79 Å². The van der Waals surface area contributed by atoms with E-state index >= 15 is 0 Å². The molecule has 0 amide bonds. The van der Waals surface area contributed by atoms with Crippen LogP contribution in [0.3, 0.4) is 0 Å². The van der Waals surface area contributed by atoms with E-state index < -0.39 is 5.41 Å². The predicted molar refractivity (Wildman–Crippen MR) is 94.7 cm³/mol. The van der Waals surface area contributed by atoms with Crippen LogP contribution >= 0.6 is 0 Å². The van der Waals surface area contributed by atoms with Gasteiger partial charge in [-0.25, -0.2) is 0 Å². The zero-order valence-corrected chi connectivity index (χ0v) is 14.3. The molecule has 6 heteroatoms. The minimum Gasteiger partial charge on any atom is -0.293 e. The molecule has 0 aliphatic rings. The molecule has 0 aliphatic heterocycles. The summed E-state index contributed by atoms with van der Waals surface area (Å²) in [7, 11) is 0. The molecule has 3 aromatic heterocycles. The summed E-state index contributed by atoms with van der Waals surface area (Å²) in [5, 5.41) is 14.0. The molecule has 0 saturated carbocycles. The Morgan fingerprint density at radius 3 is 2.72 bits per heavy atom. The van der Waals surface area contributed by atoms with Gasteiger partial charge in [0.1, 0.15) is 5.69 Å². The number of Topliss-reactive ketones (excluding diaryl/α,β-unsaturated/α-hetero) is 1. The van der Waals surface area contributed by atoms with Gasteiger partial charge in [0, 0.05) is 18.5 Å². The predicted octanol–water partition coefficient (Wildman–Crippen LogP) is 3.20. The molecule has 0 radical (unpaired) electrons. The second-order valence-corrected chi connectivity index (χ2v) is 6.60. The van der Waals surface area contributed by atoms with Crippen LogP contribution in [0, 0.1) is 0 Å². The molecule has 0 fully saturated rings. The van der Waals surface area contributed by atoms with E-state index in [1.807, 2.05) is 24.3 Å². The Labute approximate surface area is 144 Å². The Kier molecular flexibility index (Phi) is 3.35. The Bertz CT molecular complexity index is 1110. The normalized spacial score (nSPS) is 12.0. The fourth-order valence-electron chi connectivity index (χ4n) is 2.96. The van der Waals surface area contributed by atoms with E-state index in [-0.39, 0.29) is 5.78 Å².